The Bertz CT molecular complexity index is 1050. The molecule has 7 unspecified atom stereocenters. The lowest BCUT2D eigenvalue weighted by molar-refractivity contribution is -0.870. The number of ether oxygens (including phenoxy) is 2. The number of Topliss-reactive ketones (excluding diaryl/α,β-unsaturated/α-hetero) is 1. The predicted molar refractivity (Wildman–Crippen MR) is 141 cm³/mol. The summed E-state index contributed by atoms with van der Waals surface area (Å²) in [7, 11) is 0.625. The van der Waals surface area contributed by atoms with Gasteiger partial charge in [-0.25, -0.2) is 13.9 Å². The van der Waals surface area contributed by atoms with Gasteiger partial charge >= 0.3 is 13.5 Å². The molecule has 218 valence electrons. The van der Waals surface area contributed by atoms with Gasteiger partial charge in [0.2, 0.25) is 12.1 Å². The van der Waals surface area contributed by atoms with E-state index in [0.29, 0.717) is 11.0 Å². The van der Waals surface area contributed by atoms with Crippen molar-refractivity contribution in [1.82, 2.24) is 9.55 Å². The highest BCUT2D eigenvalue weighted by Crippen LogP contribution is 2.46. The number of rotatable bonds is 15. The highest BCUT2D eigenvalue weighted by molar-refractivity contribution is 8.11. The third-order valence-electron chi connectivity index (χ3n) is 5.28. The number of ketones is 1. The number of thioether (sulfide) groups is 1. The van der Waals surface area contributed by atoms with Gasteiger partial charge in [0.05, 0.1) is 34.4 Å². The summed E-state index contributed by atoms with van der Waals surface area (Å²) >= 11 is 5.77. The molecule has 1 aliphatic heterocycles. The molecule has 1 saturated heterocycles. The number of carbonyl (C=O) groups is 1. The molecule has 0 saturated carbocycles. The molecule has 0 spiro atoms. The number of nitrogens with one attached hydrogen (secondary N) is 1. The first kappa shape index (κ1) is 33.1. The summed E-state index contributed by atoms with van der Waals surface area (Å²) in [6.07, 6.45) is -4.72. The van der Waals surface area contributed by atoms with Gasteiger partial charge in [-0.1, -0.05) is 0 Å². The molecular weight excluding hydrogens is 567 g/mol. The second-order valence-electron chi connectivity index (χ2n) is 9.57. The third-order valence-corrected chi connectivity index (χ3v) is 7.77. The lowest BCUT2D eigenvalue weighted by Gasteiger charge is -2.25. The van der Waals surface area contributed by atoms with Crippen LogP contribution in [-0.2, 0) is 27.9 Å². The zero-order chi connectivity index (χ0) is 28.9. The second kappa shape index (κ2) is 13.5. The van der Waals surface area contributed by atoms with Crippen molar-refractivity contribution in [2.45, 2.75) is 42.0 Å². The standard InChI is InChI=1S/C20H35N4O11PS2/c1-20(37,38-5)22-14-6-7-23(19(29)21-14)17-16(28)15(27)13(34-17)11-33-36(30,31)35-18(12(26)10-25)32-9-8-24(2,3)4/h6-7,13,15-18,25,27-28H,8-11H2,1-5H3,(H2-,21,22,29,30,31,37)/p+1. The van der Waals surface area contributed by atoms with Crippen LogP contribution in [0, 0.1) is 0 Å². The number of likely N-dealkylation sites (N-methyl/N-ethyl adjacent to an activating group) is 1. The van der Waals surface area contributed by atoms with Gasteiger partial charge in [0.25, 0.3) is 0 Å². The molecule has 0 radical (unpaired) electrons. The van der Waals surface area contributed by atoms with E-state index in [9.17, 15) is 29.3 Å². The largest absolute Gasteiger partial charge is 0.475 e. The first-order valence-electron chi connectivity index (χ1n) is 11.4. The number of phosphoric ester groups is 1. The van der Waals surface area contributed by atoms with Gasteiger partial charge in [-0.05, 0) is 19.2 Å². The quantitative estimate of drug-likeness (QED) is 0.0616. The molecule has 0 aromatic carbocycles. The van der Waals surface area contributed by atoms with Crippen molar-refractivity contribution in [2.75, 3.05) is 59.1 Å². The molecule has 0 bridgehead atoms. The first-order chi connectivity index (χ1) is 17.5. The van der Waals surface area contributed by atoms with Crippen LogP contribution in [-0.4, -0.2) is 123 Å². The van der Waals surface area contributed by atoms with Crippen molar-refractivity contribution in [3.8, 4) is 0 Å². The van der Waals surface area contributed by atoms with E-state index in [2.05, 4.69) is 22.9 Å². The third kappa shape index (κ3) is 9.83. The minimum absolute atomic E-state index is 0.0279. The Kier molecular flexibility index (Phi) is 11.8. The number of hydrogen-bond acceptors (Lipinski definition) is 14. The topological polar surface area (TPSA) is 199 Å². The SMILES string of the molecule is CSC(C)(S)Nc1ccn(C2OC(COP(=O)(O)OC(OCC[N+](C)(C)C)C(=O)CO)C(O)C2O)c(=O)n1. The zero-order valence-electron chi connectivity index (χ0n) is 21.7. The number of nitrogens with zero attached hydrogens (tertiary/aromatic N) is 3. The lowest BCUT2D eigenvalue weighted by atomic mass is 10.1. The van der Waals surface area contributed by atoms with Gasteiger partial charge in [0.1, 0.15) is 41.5 Å². The monoisotopic (exact) mass is 603 g/mol. The Morgan fingerprint density at radius 3 is 2.61 bits per heavy atom. The number of hydrogen-bond donors (Lipinski definition) is 6. The van der Waals surface area contributed by atoms with Crippen LogP contribution in [0.4, 0.5) is 5.82 Å². The van der Waals surface area contributed by atoms with Crippen LogP contribution in [0.1, 0.15) is 13.2 Å². The Labute approximate surface area is 229 Å². The van der Waals surface area contributed by atoms with Gasteiger partial charge in [0, 0.05) is 6.20 Å². The van der Waals surface area contributed by atoms with Crippen molar-refractivity contribution in [2.24, 2.45) is 0 Å². The summed E-state index contributed by atoms with van der Waals surface area (Å²) in [5, 5.41) is 32.9. The lowest BCUT2D eigenvalue weighted by Crippen LogP contribution is -2.40. The molecule has 18 heteroatoms. The van der Waals surface area contributed by atoms with Crippen LogP contribution in [0.5, 0.6) is 0 Å². The summed E-state index contributed by atoms with van der Waals surface area (Å²) in [5.41, 5.74) is -0.800. The predicted octanol–water partition coefficient (Wildman–Crippen LogP) is -1.02. The zero-order valence-corrected chi connectivity index (χ0v) is 24.3. The molecule has 2 rings (SSSR count). The Morgan fingerprint density at radius 1 is 1.39 bits per heavy atom. The smallest absolute Gasteiger partial charge is 0.388 e. The summed E-state index contributed by atoms with van der Waals surface area (Å²) in [6, 6.07) is 1.45. The first-order valence-corrected chi connectivity index (χ1v) is 14.5. The van der Waals surface area contributed by atoms with E-state index in [1.165, 1.54) is 24.0 Å². The average molecular weight is 604 g/mol. The number of phosphoric acid groups is 1. The molecule has 1 aliphatic rings. The Hall–Kier alpha value is -1.08. The number of thiol groups is 1. The average Bonchev–Trinajstić information content (AvgIpc) is 3.09. The molecule has 15 nitrogen and oxygen atoms in total. The molecule has 38 heavy (non-hydrogen) atoms. The van der Waals surface area contributed by atoms with Crippen LogP contribution < -0.4 is 11.0 Å². The fraction of sp³-hybridized carbons (Fsp3) is 0.750. The maximum absolute atomic E-state index is 12.5. The van der Waals surface area contributed by atoms with Crippen LogP contribution in [0.15, 0.2) is 17.1 Å². The molecule has 0 aliphatic carbocycles. The fourth-order valence-electron chi connectivity index (χ4n) is 3.07. The molecular formula is C20H36N4O11PS2+. The summed E-state index contributed by atoms with van der Waals surface area (Å²) < 4.78 is 33.5. The van der Waals surface area contributed by atoms with Gasteiger partial charge in [-0.3, -0.25) is 13.9 Å². The minimum atomic E-state index is -4.96. The number of aliphatic hydroxyl groups excluding tert-OH is 3. The number of aromatic nitrogens is 2. The van der Waals surface area contributed by atoms with Crippen molar-refractivity contribution >= 4 is 43.8 Å². The van der Waals surface area contributed by atoms with Crippen LogP contribution >= 0.6 is 32.2 Å². The number of aliphatic hydroxyl groups is 3. The Balaban J connectivity index is 2.04. The van der Waals surface area contributed by atoms with Crippen molar-refractivity contribution < 1.29 is 52.6 Å². The van der Waals surface area contributed by atoms with E-state index in [1.807, 2.05) is 27.4 Å². The summed E-state index contributed by atoms with van der Waals surface area (Å²) in [5.74, 6) is -0.780. The van der Waals surface area contributed by atoms with Crippen LogP contribution in [0.25, 0.3) is 0 Å². The Morgan fingerprint density at radius 2 is 2.05 bits per heavy atom. The summed E-state index contributed by atoms with van der Waals surface area (Å²) in [6.45, 7) is 0.402. The van der Waals surface area contributed by atoms with Gasteiger partial charge in [-0.2, -0.15) is 4.98 Å². The molecule has 1 fully saturated rings. The maximum Gasteiger partial charge on any atom is 0.475 e. The molecule has 5 N–H and O–H groups in total. The fourth-order valence-corrected chi connectivity index (χ4v) is 4.21. The number of quaternary nitrogens is 1. The van der Waals surface area contributed by atoms with Gasteiger partial charge < -0.3 is 39.5 Å². The van der Waals surface area contributed by atoms with Gasteiger partial charge in [-0.15, -0.1) is 24.4 Å². The highest BCUT2D eigenvalue weighted by Gasteiger charge is 2.45. The van der Waals surface area contributed by atoms with E-state index in [-0.39, 0.29) is 12.4 Å². The number of carbonyl (C=O) groups excluding carboxylic acids is 1. The van der Waals surface area contributed by atoms with E-state index >= 15 is 0 Å². The molecule has 1 aromatic rings. The van der Waals surface area contributed by atoms with Crippen LogP contribution in [0.3, 0.4) is 0 Å². The minimum Gasteiger partial charge on any atom is -0.388 e. The maximum atomic E-state index is 12.5. The second-order valence-corrected chi connectivity index (χ2v) is 13.4. The molecule has 1 aromatic heterocycles. The normalized spacial score (nSPS) is 25.9. The number of anilines is 1. The molecule has 0 amide bonds. The van der Waals surface area contributed by atoms with Gasteiger partial charge in [0.15, 0.2) is 6.23 Å². The van der Waals surface area contributed by atoms with E-state index < -0.39 is 67.5 Å². The van der Waals surface area contributed by atoms with Crippen molar-refractivity contribution in [1.29, 1.82) is 0 Å². The van der Waals surface area contributed by atoms with E-state index in [0.717, 1.165) is 4.57 Å². The van der Waals surface area contributed by atoms with Crippen LogP contribution in [0.2, 0.25) is 0 Å². The van der Waals surface area contributed by atoms with E-state index in [4.69, 9.17) is 23.6 Å². The van der Waals surface area contributed by atoms with Crippen molar-refractivity contribution in [3.05, 3.63) is 22.7 Å². The summed E-state index contributed by atoms with van der Waals surface area (Å²) in [4.78, 5) is 38.4. The molecule has 2 heterocycles. The van der Waals surface area contributed by atoms with Crippen molar-refractivity contribution in [3.63, 3.8) is 0 Å². The highest BCUT2D eigenvalue weighted by atomic mass is 32.2. The molecule has 7 atom stereocenters. The van der Waals surface area contributed by atoms with E-state index in [1.54, 1.807) is 6.92 Å².